The average molecular weight is 364 g/mol. The molecule has 0 unspecified atom stereocenters. The molecule has 0 spiro atoms. The minimum absolute atomic E-state index is 0.346. The van der Waals surface area contributed by atoms with Crippen molar-refractivity contribution in [3.8, 4) is 0 Å². The molecule has 1 saturated heterocycles. The Hall–Kier alpha value is -2.08. The molecule has 1 heterocycles. The van der Waals surface area contributed by atoms with E-state index < -0.39 is 0 Å². The normalized spacial score (nSPS) is 18.6. The van der Waals surface area contributed by atoms with Gasteiger partial charge < -0.3 is 19.9 Å². The van der Waals surface area contributed by atoms with Crippen LogP contribution in [0, 0.1) is 0 Å². The molecule has 2 aromatic carbocycles. The maximum Gasteiger partial charge on any atom is 0.491 e. The molecule has 0 bridgehead atoms. The molecule has 4 nitrogen and oxygen atoms in total. The highest BCUT2D eigenvalue weighted by Crippen LogP contribution is 2.38. The van der Waals surface area contributed by atoms with Crippen LogP contribution in [0.25, 0.3) is 6.08 Å². The molecule has 0 amide bonds. The molecule has 0 atom stereocenters. The quantitative estimate of drug-likeness (QED) is 0.732. The van der Waals surface area contributed by atoms with Gasteiger partial charge in [-0.05, 0) is 70.0 Å². The summed E-state index contributed by atoms with van der Waals surface area (Å²) in [4.78, 5) is 0. The largest absolute Gasteiger partial charge is 0.491 e. The highest BCUT2D eigenvalue weighted by molar-refractivity contribution is 6.55. The smallest absolute Gasteiger partial charge is 0.400 e. The lowest BCUT2D eigenvalue weighted by molar-refractivity contribution is 0.00578. The van der Waals surface area contributed by atoms with E-state index in [1.165, 1.54) is 0 Å². The van der Waals surface area contributed by atoms with Gasteiger partial charge in [-0.15, -0.1) is 0 Å². The van der Waals surface area contributed by atoms with E-state index in [4.69, 9.17) is 9.31 Å². The van der Waals surface area contributed by atoms with Crippen molar-refractivity contribution >= 4 is 24.6 Å². The third-order valence-electron chi connectivity index (χ3n) is 5.24. The van der Waals surface area contributed by atoms with Crippen LogP contribution >= 0.6 is 0 Å². The van der Waals surface area contributed by atoms with E-state index >= 15 is 0 Å². The second-order valence-corrected chi connectivity index (χ2v) is 7.95. The fourth-order valence-electron chi connectivity index (χ4n) is 3.01. The van der Waals surface area contributed by atoms with Gasteiger partial charge in [0, 0.05) is 17.9 Å². The summed E-state index contributed by atoms with van der Waals surface area (Å²) in [6.07, 6.45) is 2.15. The van der Waals surface area contributed by atoms with E-state index in [9.17, 15) is 0 Å². The van der Waals surface area contributed by atoms with Crippen LogP contribution in [0.4, 0.5) is 11.4 Å². The maximum absolute atomic E-state index is 6.23. The molecule has 2 N–H and O–H groups in total. The van der Waals surface area contributed by atoms with Gasteiger partial charge in [-0.25, -0.2) is 0 Å². The summed E-state index contributed by atoms with van der Waals surface area (Å²) in [6, 6.07) is 18.5. The van der Waals surface area contributed by atoms with Crippen molar-refractivity contribution in [1.29, 1.82) is 0 Å². The van der Waals surface area contributed by atoms with Crippen molar-refractivity contribution in [3.63, 3.8) is 0 Å². The van der Waals surface area contributed by atoms with Gasteiger partial charge in [0.1, 0.15) is 0 Å². The fourth-order valence-corrected chi connectivity index (χ4v) is 3.01. The number of para-hydroxylation sites is 1. The van der Waals surface area contributed by atoms with E-state index in [2.05, 4.69) is 80.8 Å². The third kappa shape index (κ3) is 4.61. The summed E-state index contributed by atoms with van der Waals surface area (Å²) >= 11 is 0. The van der Waals surface area contributed by atoms with Crippen molar-refractivity contribution < 1.29 is 9.31 Å². The van der Waals surface area contributed by atoms with Crippen LogP contribution in [0.3, 0.4) is 0 Å². The lowest BCUT2D eigenvalue weighted by atomic mass is 9.77. The molecule has 0 saturated carbocycles. The molecule has 1 fully saturated rings. The Labute approximate surface area is 163 Å². The summed E-state index contributed by atoms with van der Waals surface area (Å²) in [5.74, 6) is 0. The summed E-state index contributed by atoms with van der Waals surface area (Å²) in [7, 11) is 1.58. The zero-order chi connectivity index (χ0) is 19.5. The Morgan fingerprint density at radius 3 is 2.19 bits per heavy atom. The molecule has 2 aromatic rings. The molecule has 5 heteroatoms. The molecule has 0 radical (unpaired) electrons. The number of hydrogen-bond acceptors (Lipinski definition) is 4. The van der Waals surface area contributed by atoms with Crippen LogP contribution in [0.15, 0.2) is 60.1 Å². The van der Waals surface area contributed by atoms with E-state index in [-0.39, 0.29) is 18.3 Å². The van der Waals surface area contributed by atoms with E-state index in [1.54, 1.807) is 0 Å². The molecule has 0 aromatic heterocycles. The Morgan fingerprint density at radius 1 is 0.926 bits per heavy atom. The van der Waals surface area contributed by atoms with Crippen molar-refractivity contribution in [1.82, 2.24) is 5.32 Å². The predicted molar refractivity (Wildman–Crippen MR) is 114 cm³/mol. The Balaban J connectivity index is 1.83. The Morgan fingerprint density at radius 2 is 1.56 bits per heavy atom. The second-order valence-electron chi connectivity index (χ2n) is 7.95. The van der Waals surface area contributed by atoms with Crippen molar-refractivity contribution in [2.75, 3.05) is 18.9 Å². The topological polar surface area (TPSA) is 42.5 Å². The van der Waals surface area contributed by atoms with Gasteiger partial charge in [0.05, 0.1) is 11.2 Å². The van der Waals surface area contributed by atoms with Gasteiger partial charge in [-0.2, -0.15) is 0 Å². The first kappa shape index (κ1) is 19.7. The Kier molecular flexibility index (Phi) is 5.75. The highest BCUT2D eigenvalue weighted by atomic mass is 16.7. The Bertz CT molecular complexity index is 787. The standard InChI is InChI=1S/C22H29BN2O2/c1-21(2)22(3,4)27-23(26-21)18(16-24-5)14-17-10-9-13-20(15-17)25-19-11-7-6-8-12-19/h6-15,24-25H,16H2,1-5H3. The molecule has 27 heavy (non-hydrogen) atoms. The van der Waals surface area contributed by atoms with Gasteiger partial charge >= 0.3 is 7.12 Å². The summed E-state index contributed by atoms with van der Waals surface area (Å²) < 4.78 is 12.5. The van der Waals surface area contributed by atoms with Gasteiger partial charge in [0.2, 0.25) is 0 Å². The van der Waals surface area contributed by atoms with Crippen molar-refractivity contribution in [2.24, 2.45) is 0 Å². The highest BCUT2D eigenvalue weighted by Gasteiger charge is 2.52. The monoisotopic (exact) mass is 364 g/mol. The molecule has 0 aliphatic carbocycles. The first-order chi connectivity index (χ1) is 12.8. The fraction of sp³-hybridized carbons (Fsp3) is 0.364. The molecule has 142 valence electrons. The minimum Gasteiger partial charge on any atom is -0.400 e. The second kappa shape index (κ2) is 7.89. The summed E-state index contributed by atoms with van der Waals surface area (Å²) in [5, 5.41) is 6.67. The lowest BCUT2D eigenvalue weighted by Gasteiger charge is -2.32. The average Bonchev–Trinajstić information content (AvgIpc) is 2.83. The number of anilines is 2. The van der Waals surface area contributed by atoms with Crippen LogP contribution in [-0.4, -0.2) is 31.9 Å². The van der Waals surface area contributed by atoms with E-state index in [1.807, 2.05) is 25.2 Å². The molecule has 1 aliphatic rings. The molecular weight excluding hydrogens is 335 g/mol. The van der Waals surface area contributed by atoms with Crippen LogP contribution in [-0.2, 0) is 9.31 Å². The van der Waals surface area contributed by atoms with E-state index in [0.717, 1.165) is 22.4 Å². The molecule has 1 aliphatic heterocycles. The zero-order valence-corrected chi connectivity index (χ0v) is 16.9. The van der Waals surface area contributed by atoms with Crippen LogP contribution in [0.1, 0.15) is 33.3 Å². The minimum atomic E-state index is -0.354. The number of benzene rings is 2. The number of nitrogens with one attached hydrogen (secondary N) is 2. The van der Waals surface area contributed by atoms with Gasteiger partial charge in [0.25, 0.3) is 0 Å². The number of hydrogen-bond donors (Lipinski definition) is 2. The van der Waals surface area contributed by atoms with Gasteiger partial charge in [-0.3, -0.25) is 0 Å². The van der Waals surface area contributed by atoms with Crippen LogP contribution in [0.2, 0.25) is 0 Å². The zero-order valence-electron chi connectivity index (χ0n) is 16.9. The van der Waals surface area contributed by atoms with Crippen molar-refractivity contribution in [3.05, 3.63) is 65.6 Å². The van der Waals surface area contributed by atoms with E-state index in [0.29, 0.717) is 6.54 Å². The molecular formula is C22H29BN2O2. The summed E-state index contributed by atoms with van der Waals surface area (Å²) in [6.45, 7) is 9.01. The number of likely N-dealkylation sites (N-methyl/N-ethyl adjacent to an activating group) is 1. The predicted octanol–water partition coefficient (Wildman–Crippen LogP) is 4.66. The number of rotatable bonds is 6. The van der Waals surface area contributed by atoms with Gasteiger partial charge in [-0.1, -0.05) is 36.4 Å². The first-order valence-corrected chi connectivity index (χ1v) is 9.43. The van der Waals surface area contributed by atoms with Crippen LogP contribution in [0.5, 0.6) is 0 Å². The van der Waals surface area contributed by atoms with Crippen LogP contribution < -0.4 is 10.6 Å². The third-order valence-corrected chi connectivity index (χ3v) is 5.24. The van der Waals surface area contributed by atoms with Crippen molar-refractivity contribution in [2.45, 2.75) is 38.9 Å². The lowest BCUT2D eigenvalue weighted by Crippen LogP contribution is -2.41. The first-order valence-electron chi connectivity index (χ1n) is 9.43. The van der Waals surface area contributed by atoms with Gasteiger partial charge in [0.15, 0.2) is 0 Å². The summed E-state index contributed by atoms with van der Waals surface area (Å²) in [5.41, 5.74) is 3.61. The maximum atomic E-state index is 6.23. The SMILES string of the molecule is CNCC(=Cc1cccc(Nc2ccccc2)c1)B1OC(C)(C)C(C)(C)O1. The molecule has 3 rings (SSSR count).